The molecule has 0 aromatic heterocycles. The van der Waals surface area contributed by atoms with Crippen LogP contribution in [0.25, 0.3) is 0 Å². The maximum atomic E-state index is 10.6. The second-order valence-electron chi connectivity index (χ2n) is 8.61. The van der Waals surface area contributed by atoms with Gasteiger partial charge in [-0.2, -0.15) is 0 Å². The monoisotopic (exact) mass is 378 g/mol. The van der Waals surface area contributed by atoms with E-state index in [0.717, 1.165) is 24.2 Å². The average molecular weight is 379 g/mol. The highest BCUT2D eigenvalue weighted by atomic mass is 31.2. The molecular weight excluding hydrogens is 335 g/mol. The first-order chi connectivity index (χ1) is 11.6. The van der Waals surface area contributed by atoms with Gasteiger partial charge in [0.25, 0.3) is 0 Å². The van der Waals surface area contributed by atoms with Crippen molar-refractivity contribution >= 4 is 7.82 Å². The van der Waals surface area contributed by atoms with Crippen molar-refractivity contribution in [1.29, 1.82) is 0 Å². The van der Waals surface area contributed by atoms with Crippen molar-refractivity contribution < 1.29 is 18.9 Å². The summed E-state index contributed by atoms with van der Waals surface area (Å²) in [5.74, 6) is 2.93. The topological polar surface area (TPSA) is 66.8 Å². The van der Waals surface area contributed by atoms with Crippen LogP contribution in [0.3, 0.4) is 0 Å². The van der Waals surface area contributed by atoms with Crippen molar-refractivity contribution in [3.8, 4) is 0 Å². The largest absolute Gasteiger partial charge is 0.469 e. The van der Waals surface area contributed by atoms with Gasteiger partial charge in [0.05, 0.1) is 6.61 Å². The standard InChI is InChI=1S/C20H43O4P/c1-17(2)9-6-10-18(3)11-7-12-19(4)13-8-14-20(5)15-16-24-25(21,22)23/h17-20H,6-16H2,1-5H3,(H2,21,22,23)/t18-,19-,20?/m1/s1. The molecule has 0 aliphatic rings. The second kappa shape index (κ2) is 14.2. The predicted octanol–water partition coefficient (Wildman–Crippen LogP) is 6.56. The molecule has 5 heteroatoms. The summed E-state index contributed by atoms with van der Waals surface area (Å²) in [5, 5.41) is 0. The summed E-state index contributed by atoms with van der Waals surface area (Å²) in [7, 11) is -4.30. The Hall–Kier alpha value is 0.110. The summed E-state index contributed by atoms with van der Waals surface area (Å²) in [6.45, 7) is 11.6. The fourth-order valence-electron chi connectivity index (χ4n) is 3.31. The third-order valence-corrected chi connectivity index (χ3v) is 5.66. The molecule has 0 amide bonds. The first-order valence-corrected chi connectivity index (χ1v) is 11.8. The molecule has 152 valence electrons. The maximum absolute atomic E-state index is 10.6. The summed E-state index contributed by atoms with van der Waals surface area (Å²) in [6, 6.07) is 0. The molecule has 1 unspecified atom stereocenters. The molecule has 4 nitrogen and oxygen atoms in total. The molecule has 0 aliphatic heterocycles. The Balaban J connectivity index is 3.57. The van der Waals surface area contributed by atoms with Crippen molar-refractivity contribution in [2.45, 2.75) is 98.8 Å². The first-order valence-electron chi connectivity index (χ1n) is 10.3. The van der Waals surface area contributed by atoms with Gasteiger partial charge >= 0.3 is 7.82 Å². The summed E-state index contributed by atoms with van der Waals surface area (Å²) >= 11 is 0. The van der Waals surface area contributed by atoms with Crippen molar-refractivity contribution in [2.24, 2.45) is 23.7 Å². The average Bonchev–Trinajstić information content (AvgIpc) is 2.45. The number of rotatable bonds is 16. The van der Waals surface area contributed by atoms with E-state index in [1.54, 1.807) is 0 Å². The molecule has 0 radical (unpaired) electrons. The van der Waals surface area contributed by atoms with E-state index in [4.69, 9.17) is 9.79 Å². The molecule has 0 aliphatic carbocycles. The third kappa shape index (κ3) is 18.7. The van der Waals surface area contributed by atoms with E-state index in [-0.39, 0.29) is 6.61 Å². The summed E-state index contributed by atoms with van der Waals surface area (Å²) in [4.78, 5) is 17.3. The number of hydrogen-bond donors (Lipinski definition) is 2. The van der Waals surface area contributed by atoms with Crippen LogP contribution in [-0.4, -0.2) is 16.4 Å². The van der Waals surface area contributed by atoms with Crippen molar-refractivity contribution in [3.05, 3.63) is 0 Å². The summed E-state index contributed by atoms with van der Waals surface area (Å²) < 4.78 is 15.1. The molecule has 0 fully saturated rings. The van der Waals surface area contributed by atoms with Gasteiger partial charge in [-0.3, -0.25) is 4.52 Å². The fraction of sp³-hybridized carbons (Fsp3) is 1.00. The fourth-order valence-corrected chi connectivity index (χ4v) is 3.65. The lowest BCUT2D eigenvalue weighted by Crippen LogP contribution is -2.03. The minimum absolute atomic E-state index is 0.149. The summed E-state index contributed by atoms with van der Waals surface area (Å²) in [5.41, 5.74) is 0. The Kier molecular flexibility index (Phi) is 14.3. The molecule has 3 atom stereocenters. The van der Waals surface area contributed by atoms with Crippen molar-refractivity contribution in [3.63, 3.8) is 0 Å². The molecule has 0 spiro atoms. The Morgan fingerprint density at radius 1 is 0.680 bits per heavy atom. The quantitative estimate of drug-likeness (QED) is 0.298. The van der Waals surface area contributed by atoms with Gasteiger partial charge in [-0.25, -0.2) is 4.57 Å². The van der Waals surface area contributed by atoms with Gasteiger partial charge in [0.15, 0.2) is 0 Å². The van der Waals surface area contributed by atoms with Crippen LogP contribution in [0.5, 0.6) is 0 Å². The third-order valence-electron chi connectivity index (χ3n) is 5.14. The van der Waals surface area contributed by atoms with Crippen molar-refractivity contribution in [1.82, 2.24) is 0 Å². The zero-order chi connectivity index (χ0) is 19.3. The molecule has 0 saturated carbocycles. The van der Waals surface area contributed by atoms with Gasteiger partial charge in [0, 0.05) is 0 Å². The molecule has 2 N–H and O–H groups in total. The highest BCUT2D eigenvalue weighted by molar-refractivity contribution is 7.46. The first kappa shape index (κ1) is 25.1. The van der Waals surface area contributed by atoms with E-state index >= 15 is 0 Å². The van der Waals surface area contributed by atoms with E-state index in [9.17, 15) is 4.57 Å². The maximum Gasteiger partial charge on any atom is 0.469 e. The van der Waals surface area contributed by atoms with Crippen LogP contribution in [0.1, 0.15) is 98.8 Å². The number of phosphoric ester groups is 1. The zero-order valence-corrected chi connectivity index (χ0v) is 18.1. The molecule has 0 aromatic rings. The van der Waals surface area contributed by atoms with Gasteiger partial charge in [-0.05, 0) is 30.1 Å². The van der Waals surface area contributed by atoms with Crippen LogP contribution in [0.2, 0.25) is 0 Å². The van der Waals surface area contributed by atoms with Gasteiger partial charge in [0.2, 0.25) is 0 Å². The van der Waals surface area contributed by atoms with E-state index in [1.807, 2.05) is 0 Å². The normalized spacial score (nSPS) is 16.2. The zero-order valence-electron chi connectivity index (χ0n) is 17.2. The van der Waals surface area contributed by atoms with Crippen LogP contribution < -0.4 is 0 Å². The van der Waals surface area contributed by atoms with Crippen LogP contribution >= 0.6 is 7.82 Å². The molecule has 25 heavy (non-hydrogen) atoms. The molecule has 0 rings (SSSR count). The lowest BCUT2D eigenvalue weighted by atomic mass is 9.91. The predicted molar refractivity (Wildman–Crippen MR) is 106 cm³/mol. The lowest BCUT2D eigenvalue weighted by molar-refractivity contribution is 0.184. The van der Waals surface area contributed by atoms with E-state index in [1.165, 1.54) is 51.4 Å². The summed E-state index contributed by atoms with van der Waals surface area (Å²) in [6.07, 6.45) is 12.4. The van der Waals surface area contributed by atoms with Crippen molar-refractivity contribution in [2.75, 3.05) is 6.61 Å². The minimum atomic E-state index is -4.30. The van der Waals surface area contributed by atoms with Crippen LogP contribution in [0.4, 0.5) is 0 Å². The lowest BCUT2D eigenvalue weighted by Gasteiger charge is -2.16. The second-order valence-corrected chi connectivity index (χ2v) is 9.85. The van der Waals surface area contributed by atoms with Gasteiger partial charge in [-0.1, -0.05) is 92.4 Å². The van der Waals surface area contributed by atoms with Crippen LogP contribution in [0, 0.1) is 23.7 Å². The van der Waals surface area contributed by atoms with Gasteiger partial charge in [-0.15, -0.1) is 0 Å². The Morgan fingerprint density at radius 2 is 1.04 bits per heavy atom. The van der Waals surface area contributed by atoms with E-state index < -0.39 is 7.82 Å². The molecule has 0 heterocycles. The van der Waals surface area contributed by atoms with E-state index in [2.05, 4.69) is 39.1 Å². The van der Waals surface area contributed by atoms with E-state index in [0.29, 0.717) is 12.3 Å². The molecule has 0 saturated heterocycles. The Bertz CT molecular complexity index is 354. The van der Waals surface area contributed by atoms with Crippen LogP contribution in [-0.2, 0) is 9.09 Å². The highest BCUT2D eigenvalue weighted by Gasteiger charge is 2.14. The highest BCUT2D eigenvalue weighted by Crippen LogP contribution is 2.36. The molecule has 0 aromatic carbocycles. The SMILES string of the molecule is CC(C)CCC[C@@H](C)CCC[C@@H](C)CCCC(C)CCOP(=O)(O)O. The van der Waals surface area contributed by atoms with Gasteiger partial charge < -0.3 is 9.79 Å². The molecule has 0 bridgehead atoms. The number of hydrogen-bond acceptors (Lipinski definition) is 2. The Labute approximate surface area is 156 Å². The smallest absolute Gasteiger partial charge is 0.303 e. The van der Waals surface area contributed by atoms with Crippen LogP contribution in [0.15, 0.2) is 0 Å². The number of phosphoric acid groups is 1. The Morgan fingerprint density at radius 3 is 1.40 bits per heavy atom. The minimum Gasteiger partial charge on any atom is -0.303 e. The van der Waals surface area contributed by atoms with Gasteiger partial charge in [0.1, 0.15) is 0 Å². The molecular formula is C20H43O4P.